The molecule has 0 aromatic rings. The van der Waals surface area contributed by atoms with Crippen molar-refractivity contribution in [3.8, 4) is 0 Å². The van der Waals surface area contributed by atoms with Crippen molar-refractivity contribution in [2.24, 2.45) is 11.3 Å². The summed E-state index contributed by atoms with van der Waals surface area (Å²) >= 11 is 0. The van der Waals surface area contributed by atoms with E-state index >= 15 is 0 Å². The Morgan fingerprint density at radius 2 is 2.05 bits per heavy atom. The highest BCUT2D eigenvalue weighted by atomic mass is 16.5. The topological polar surface area (TPSA) is 24.5 Å². The number of nitrogens with one attached hydrogen (secondary N) is 1. The molecule has 3 nitrogen and oxygen atoms in total. The summed E-state index contributed by atoms with van der Waals surface area (Å²) in [6, 6.07) is 0.680. The summed E-state index contributed by atoms with van der Waals surface area (Å²) < 4.78 is 5.98. The molecule has 124 valence electrons. The smallest absolute Gasteiger partial charge is 0.0702 e. The van der Waals surface area contributed by atoms with Gasteiger partial charge in [-0.25, -0.2) is 0 Å². The van der Waals surface area contributed by atoms with Crippen LogP contribution in [0.1, 0.15) is 59.8 Å². The molecule has 3 atom stereocenters. The maximum Gasteiger partial charge on any atom is 0.0702 e. The van der Waals surface area contributed by atoms with Gasteiger partial charge >= 0.3 is 0 Å². The van der Waals surface area contributed by atoms with Crippen LogP contribution in [0.2, 0.25) is 0 Å². The predicted molar refractivity (Wildman–Crippen MR) is 89.7 cm³/mol. The maximum atomic E-state index is 5.98. The molecule has 1 N–H and O–H groups in total. The van der Waals surface area contributed by atoms with Crippen molar-refractivity contribution in [2.45, 2.75) is 71.9 Å². The molecule has 0 spiro atoms. The molecule has 21 heavy (non-hydrogen) atoms. The van der Waals surface area contributed by atoms with Crippen molar-refractivity contribution >= 4 is 0 Å². The standard InChI is InChI=1S/C18H36N2O/c1-5-12-21-16-8-7-11-20(14-16)13-15-9-10-18(3,4)17(15)19-6-2/h15-17,19H,5-14H2,1-4H3. The summed E-state index contributed by atoms with van der Waals surface area (Å²) in [4.78, 5) is 2.67. The van der Waals surface area contributed by atoms with Crippen LogP contribution >= 0.6 is 0 Å². The van der Waals surface area contributed by atoms with Gasteiger partial charge in [0.05, 0.1) is 6.10 Å². The Morgan fingerprint density at radius 3 is 2.76 bits per heavy atom. The summed E-state index contributed by atoms with van der Waals surface area (Å²) in [6.07, 6.45) is 6.90. The molecule has 1 heterocycles. The minimum absolute atomic E-state index is 0.453. The van der Waals surface area contributed by atoms with Gasteiger partial charge in [0, 0.05) is 25.7 Å². The fourth-order valence-corrected chi connectivity index (χ4v) is 4.31. The predicted octanol–water partition coefficient (Wildman–Crippen LogP) is 3.29. The van der Waals surface area contributed by atoms with Crippen molar-refractivity contribution in [2.75, 3.05) is 32.8 Å². The molecule has 2 rings (SSSR count). The number of hydrogen-bond acceptors (Lipinski definition) is 3. The van der Waals surface area contributed by atoms with Crippen LogP contribution in [-0.4, -0.2) is 49.8 Å². The van der Waals surface area contributed by atoms with E-state index in [2.05, 4.69) is 37.9 Å². The molecule has 2 aliphatic rings. The monoisotopic (exact) mass is 296 g/mol. The second-order valence-electron chi connectivity index (χ2n) is 7.72. The summed E-state index contributed by atoms with van der Waals surface area (Å²) in [7, 11) is 0. The van der Waals surface area contributed by atoms with Gasteiger partial charge in [-0.1, -0.05) is 27.7 Å². The molecule has 3 heteroatoms. The van der Waals surface area contributed by atoms with Gasteiger partial charge < -0.3 is 15.0 Å². The first-order valence-electron chi connectivity index (χ1n) is 9.14. The number of nitrogens with zero attached hydrogens (tertiary/aromatic N) is 1. The van der Waals surface area contributed by atoms with Gasteiger partial charge in [-0.05, 0) is 56.5 Å². The summed E-state index contributed by atoms with van der Waals surface area (Å²) in [6.45, 7) is 15.0. The lowest BCUT2D eigenvalue weighted by molar-refractivity contribution is -0.00524. The van der Waals surface area contributed by atoms with Crippen LogP contribution in [0.15, 0.2) is 0 Å². The molecular weight excluding hydrogens is 260 g/mol. The van der Waals surface area contributed by atoms with Crippen LogP contribution in [0.4, 0.5) is 0 Å². The van der Waals surface area contributed by atoms with Crippen LogP contribution < -0.4 is 5.32 Å². The Labute approximate surface area is 131 Å². The van der Waals surface area contributed by atoms with Crippen LogP contribution in [0, 0.1) is 11.3 Å². The Kier molecular flexibility index (Phi) is 6.51. The first-order valence-corrected chi connectivity index (χ1v) is 9.14. The molecule has 0 aromatic heterocycles. The second-order valence-corrected chi connectivity index (χ2v) is 7.72. The van der Waals surface area contributed by atoms with Crippen molar-refractivity contribution < 1.29 is 4.74 Å². The minimum Gasteiger partial charge on any atom is -0.377 e. The van der Waals surface area contributed by atoms with Gasteiger partial charge in [-0.15, -0.1) is 0 Å². The number of likely N-dealkylation sites (tertiary alicyclic amines) is 1. The molecular formula is C18H36N2O. The van der Waals surface area contributed by atoms with Crippen LogP contribution in [0.5, 0.6) is 0 Å². The van der Waals surface area contributed by atoms with Gasteiger partial charge in [-0.2, -0.15) is 0 Å². The van der Waals surface area contributed by atoms with Crippen LogP contribution in [-0.2, 0) is 4.74 Å². The van der Waals surface area contributed by atoms with Gasteiger partial charge in [0.25, 0.3) is 0 Å². The van der Waals surface area contributed by atoms with Gasteiger partial charge in [0.1, 0.15) is 0 Å². The van der Waals surface area contributed by atoms with E-state index in [9.17, 15) is 0 Å². The molecule has 1 aliphatic carbocycles. The van der Waals surface area contributed by atoms with Crippen LogP contribution in [0.25, 0.3) is 0 Å². The molecule has 2 fully saturated rings. The highest BCUT2D eigenvalue weighted by molar-refractivity contribution is 4.97. The first-order chi connectivity index (χ1) is 10.1. The Hall–Kier alpha value is -0.120. The highest BCUT2D eigenvalue weighted by Gasteiger charge is 2.42. The van der Waals surface area contributed by atoms with Crippen molar-refractivity contribution in [1.82, 2.24) is 10.2 Å². The second kappa shape index (κ2) is 7.94. The number of piperidine rings is 1. The molecule has 0 aromatic carbocycles. The zero-order valence-corrected chi connectivity index (χ0v) is 14.7. The molecule has 1 aliphatic heterocycles. The highest BCUT2D eigenvalue weighted by Crippen LogP contribution is 2.41. The third-order valence-corrected chi connectivity index (χ3v) is 5.41. The van der Waals surface area contributed by atoms with Gasteiger partial charge in [0.2, 0.25) is 0 Å². The Morgan fingerprint density at radius 1 is 1.24 bits per heavy atom. The van der Waals surface area contributed by atoms with Crippen LogP contribution in [0.3, 0.4) is 0 Å². The first kappa shape index (κ1) is 17.2. The molecule has 0 amide bonds. The van der Waals surface area contributed by atoms with E-state index < -0.39 is 0 Å². The van der Waals surface area contributed by atoms with E-state index in [-0.39, 0.29) is 0 Å². The van der Waals surface area contributed by atoms with E-state index in [1.807, 2.05) is 0 Å². The molecule has 0 bridgehead atoms. The quantitative estimate of drug-likeness (QED) is 0.780. The summed E-state index contributed by atoms with van der Waals surface area (Å²) in [5.41, 5.74) is 0.453. The van der Waals surface area contributed by atoms with Gasteiger partial charge in [0.15, 0.2) is 0 Å². The summed E-state index contributed by atoms with van der Waals surface area (Å²) in [5, 5.41) is 3.76. The summed E-state index contributed by atoms with van der Waals surface area (Å²) in [5.74, 6) is 0.810. The fourth-order valence-electron chi connectivity index (χ4n) is 4.31. The average molecular weight is 296 g/mol. The fraction of sp³-hybridized carbons (Fsp3) is 1.00. The van der Waals surface area contributed by atoms with E-state index in [1.54, 1.807) is 0 Å². The number of hydrogen-bond donors (Lipinski definition) is 1. The average Bonchev–Trinajstić information content (AvgIpc) is 2.74. The van der Waals surface area contributed by atoms with E-state index in [4.69, 9.17) is 4.74 Å². The van der Waals surface area contributed by atoms with E-state index in [1.165, 1.54) is 38.8 Å². The minimum atomic E-state index is 0.453. The lowest BCUT2D eigenvalue weighted by Crippen LogP contribution is -2.48. The lowest BCUT2D eigenvalue weighted by atomic mass is 9.84. The SMILES string of the molecule is CCCOC1CCCN(CC2CCC(C)(C)C2NCC)C1. The third kappa shape index (κ3) is 4.67. The van der Waals surface area contributed by atoms with E-state index in [0.29, 0.717) is 17.6 Å². The zero-order chi connectivity index (χ0) is 15.3. The number of rotatable bonds is 7. The largest absolute Gasteiger partial charge is 0.377 e. The Balaban J connectivity index is 1.85. The molecule has 3 unspecified atom stereocenters. The van der Waals surface area contributed by atoms with Crippen molar-refractivity contribution in [3.63, 3.8) is 0 Å². The van der Waals surface area contributed by atoms with Crippen molar-refractivity contribution in [3.05, 3.63) is 0 Å². The zero-order valence-electron chi connectivity index (χ0n) is 14.7. The third-order valence-electron chi connectivity index (χ3n) is 5.41. The van der Waals surface area contributed by atoms with E-state index in [0.717, 1.165) is 32.0 Å². The van der Waals surface area contributed by atoms with Gasteiger partial charge in [-0.3, -0.25) is 0 Å². The molecule has 1 saturated heterocycles. The Bertz CT molecular complexity index is 306. The normalized spacial score (nSPS) is 33.4. The van der Waals surface area contributed by atoms with Crippen molar-refractivity contribution in [1.29, 1.82) is 0 Å². The number of ether oxygens (including phenoxy) is 1. The maximum absolute atomic E-state index is 5.98. The molecule has 1 saturated carbocycles. The molecule has 0 radical (unpaired) electrons. The lowest BCUT2D eigenvalue weighted by Gasteiger charge is -2.37.